The smallest absolute Gasteiger partial charge is 0.133 e. The number of hydrogen-bond donors (Lipinski definition) is 0. The Balaban J connectivity index is 2.32. The van der Waals surface area contributed by atoms with Crippen molar-refractivity contribution in [3.63, 3.8) is 0 Å². The molecule has 0 radical (unpaired) electrons. The fraction of sp³-hybridized carbons (Fsp3) is 0.462. The van der Waals surface area contributed by atoms with E-state index >= 15 is 0 Å². The molecule has 1 aromatic rings. The van der Waals surface area contributed by atoms with Crippen LogP contribution in [0.4, 0.5) is 0 Å². The van der Waals surface area contributed by atoms with E-state index in [1.54, 1.807) is 7.11 Å². The maximum absolute atomic E-state index is 11.4. The van der Waals surface area contributed by atoms with Gasteiger partial charge in [-0.15, -0.1) is 0 Å². The first kappa shape index (κ1) is 10.2. The molecule has 1 saturated carbocycles. The molecule has 0 unspecified atom stereocenters. The van der Waals surface area contributed by atoms with E-state index in [1.807, 2.05) is 18.2 Å². The third-order valence-corrected chi connectivity index (χ3v) is 3.22. The van der Waals surface area contributed by atoms with Crippen LogP contribution in [0.2, 0.25) is 0 Å². The van der Waals surface area contributed by atoms with Crippen LogP contribution in [0.3, 0.4) is 0 Å². The Morgan fingerprint density at radius 1 is 1.27 bits per heavy atom. The lowest BCUT2D eigenvalue weighted by Gasteiger charge is -2.17. The van der Waals surface area contributed by atoms with E-state index in [2.05, 4.69) is 13.0 Å². The van der Waals surface area contributed by atoms with E-state index in [1.165, 1.54) is 5.56 Å². The molecular formula is C13H16O2. The summed E-state index contributed by atoms with van der Waals surface area (Å²) in [6.07, 6.45) is 1.38. The highest BCUT2D eigenvalue weighted by molar-refractivity contribution is 5.82. The fourth-order valence-electron chi connectivity index (χ4n) is 2.42. The van der Waals surface area contributed by atoms with E-state index in [4.69, 9.17) is 4.74 Å². The van der Waals surface area contributed by atoms with Gasteiger partial charge in [-0.25, -0.2) is 0 Å². The molecule has 80 valence electrons. The molecule has 1 aromatic carbocycles. The van der Waals surface area contributed by atoms with Gasteiger partial charge in [-0.2, -0.15) is 0 Å². The molecule has 0 amide bonds. The number of hydrogen-bond acceptors (Lipinski definition) is 2. The summed E-state index contributed by atoms with van der Waals surface area (Å²) in [4.78, 5) is 11.4. The number of Topliss-reactive ketones (excluding diaryl/α,β-unsaturated/α-hetero) is 1. The largest absolute Gasteiger partial charge is 0.496 e. The molecule has 0 N–H and O–H groups in total. The van der Waals surface area contributed by atoms with Crippen LogP contribution in [-0.4, -0.2) is 12.9 Å². The fourth-order valence-corrected chi connectivity index (χ4v) is 2.42. The normalized spacial score (nSPS) is 25.6. The number of carbonyl (C=O) groups is 1. The van der Waals surface area contributed by atoms with Gasteiger partial charge < -0.3 is 4.74 Å². The zero-order valence-corrected chi connectivity index (χ0v) is 9.19. The van der Waals surface area contributed by atoms with Gasteiger partial charge in [0.05, 0.1) is 7.11 Å². The Morgan fingerprint density at radius 2 is 2.00 bits per heavy atom. The van der Waals surface area contributed by atoms with Crippen LogP contribution in [0.25, 0.3) is 0 Å². The van der Waals surface area contributed by atoms with Crippen molar-refractivity contribution >= 4 is 5.78 Å². The summed E-state index contributed by atoms with van der Waals surface area (Å²) in [5.41, 5.74) is 1.18. The van der Waals surface area contributed by atoms with E-state index in [9.17, 15) is 4.79 Å². The van der Waals surface area contributed by atoms with Crippen molar-refractivity contribution in [1.82, 2.24) is 0 Å². The highest BCUT2D eigenvalue weighted by Gasteiger charge is 2.32. The highest BCUT2D eigenvalue weighted by atomic mass is 16.5. The molecule has 0 spiro atoms. The quantitative estimate of drug-likeness (QED) is 0.740. The first-order valence-corrected chi connectivity index (χ1v) is 5.37. The predicted octanol–water partition coefficient (Wildman–Crippen LogP) is 2.78. The molecule has 0 aromatic heterocycles. The van der Waals surface area contributed by atoms with Crippen LogP contribution < -0.4 is 4.74 Å². The monoisotopic (exact) mass is 204 g/mol. The van der Waals surface area contributed by atoms with Gasteiger partial charge in [0.1, 0.15) is 11.5 Å². The lowest BCUT2D eigenvalue weighted by molar-refractivity contribution is -0.117. The van der Waals surface area contributed by atoms with Gasteiger partial charge >= 0.3 is 0 Å². The molecule has 2 nitrogen and oxygen atoms in total. The number of methoxy groups -OCH3 is 1. The van der Waals surface area contributed by atoms with E-state index in [0.29, 0.717) is 30.5 Å². The first-order chi connectivity index (χ1) is 7.22. The van der Waals surface area contributed by atoms with Crippen molar-refractivity contribution in [3.8, 4) is 5.75 Å². The second-order valence-corrected chi connectivity index (χ2v) is 4.27. The van der Waals surface area contributed by atoms with Crippen LogP contribution in [0, 0.1) is 5.92 Å². The number of benzene rings is 1. The standard InChI is InChI=1S/C13H16O2/c1-9-7-10(14)8-12(9)11-5-3-4-6-13(11)15-2/h3-6,9,12H,7-8H2,1-2H3/t9-,12+/m0/s1. The number of para-hydroxylation sites is 1. The second kappa shape index (κ2) is 4.05. The zero-order chi connectivity index (χ0) is 10.8. The Labute approximate surface area is 90.3 Å². The van der Waals surface area contributed by atoms with Crippen molar-refractivity contribution in [2.45, 2.75) is 25.7 Å². The number of rotatable bonds is 2. The van der Waals surface area contributed by atoms with Gasteiger partial charge in [0.15, 0.2) is 0 Å². The summed E-state index contributed by atoms with van der Waals surface area (Å²) in [5, 5.41) is 0. The Morgan fingerprint density at radius 3 is 2.60 bits per heavy atom. The maximum Gasteiger partial charge on any atom is 0.133 e. The summed E-state index contributed by atoms with van der Waals surface area (Å²) < 4.78 is 5.33. The molecule has 1 aliphatic carbocycles. The average molecular weight is 204 g/mol. The highest BCUT2D eigenvalue weighted by Crippen LogP contribution is 2.40. The minimum absolute atomic E-state index is 0.341. The number of ketones is 1. The molecule has 0 saturated heterocycles. The van der Waals surface area contributed by atoms with Gasteiger partial charge in [0, 0.05) is 12.8 Å². The van der Waals surface area contributed by atoms with Crippen LogP contribution >= 0.6 is 0 Å². The minimum atomic E-state index is 0.341. The third-order valence-electron chi connectivity index (χ3n) is 3.22. The van der Waals surface area contributed by atoms with Gasteiger partial charge in [-0.1, -0.05) is 25.1 Å². The molecule has 0 bridgehead atoms. The van der Waals surface area contributed by atoms with Crippen molar-refractivity contribution in [1.29, 1.82) is 0 Å². The first-order valence-electron chi connectivity index (χ1n) is 5.37. The maximum atomic E-state index is 11.4. The molecule has 2 rings (SSSR count). The number of carbonyl (C=O) groups excluding carboxylic acids is 1. The van der Waals surface area contributed by atoms with Gasteiger partial charge in [-0.3, -0.25) is 4.79 Å². The summed E-state index contributed by atoms with van der Waals surface area (Å²) in [5.74, 6) is 2.06. The van der Waals surface area contributed by atoms with E-state index < -0.39 is 0 Å². The van der Waals surface area contributed by atoms with Crippen molar-refractivity contribution < 1.29 is 9.53 Å². The lowest BCUT2D eigenvalue weighted by atomic mass is 9.89. The molecule has 2 heteroatoms. The molecule has 1 aliphatic rings. The van der Waals surface area contributed by atoms with Crippen molar-refractivity contribution in [3.05, 3.63) is 29.8 Å². The summed E-state index contributed by atoms with van der Waals surface area (Å²) in [7, 11) is 1.68. The topological polar surface area (TPSA) is 26.3 Å². The molecular weight excluding hydrogens is 188 g/mol. The summed E-state index contributed by atoms with van der Waals surface area (Å²) >= 11 is 0. The summed E-state index contributed by atoms with van der Waals surface area (Å²) in [6.45, 7) is 2.14. The van der Waals surface area contributed by atoms with Gasteiger partial charge in [-0.05, 0) is 23.5 Å². The third kappa shape index (κ3) is 1.89. The minimum Gasteiger partial charge on any atom is -0.496 e. The predicted molar refractivity (Wildman–Crippen MR) is 59.1 cm³/mol. The van der Waals surface area contributed by atoms with E-state index in [0.717, 1.165) is 5.75 Å². The Kier molecular flexibility index (Phi) is 2.76. The molecule has 0 heterocycles. The second-order valence-electron chi connectivity index (χ2n) is 4.27. The zero-order valence-electron chi connectivity index (χ0n) is 9.19. The molecule has 0 aliphatic heterocycles. The van der Waals surface area contributed by atoms with Crippen molar-refractivity contribution in [2.75, 3.05) is 7.11 Å². The van der Waals surface area contributed by atoms with Crippen LogP contribution in [0.5, 0.6) is 5.75 Å². The molecule has 2 atom stereocenters. The van der Waals surface area contributed by atoms with E-state index in [-0.39, 0.29) is 0 Å². The van der Waals surface area contributed by atoms with Crippen LogP contribution in [0.1, 0.15) is 31.2 Å². The molecule has 15 heavy (non-hydrogen) atoms. The Hall–Kier alpha value is -1.31. The van der Waals surface area contributed by atoms with Crippen LogP contribution in [-0.2, 0) is 4.79 Å². The number of ether oxygens (including phenoxy) is 1. The van der Waals surface area contributed by atoms with Gasteiger partial charge in [0.25, 0.3) is 0 Å². The SMILES string of the molecule is COc1ccccc1[C@@H]1CC(=O)C[C@@H]1C. The van der Waals surface area contributed by atoms with Gasteiger partial charge in [0.2, 0.25) is 0 Å². The molecule has 1 fully saturated rings. The van der Waals surface area contributed by atoms with Crippen LogP contribution in [0.15, 0.2) is 24.3 Å². The average Bonchev–Trinajstić information content (AvgIpc) is 2.57. The lowest BCUT2D eigenvalue weighted by Crippen LogP contribution is -2.03. The summed E-state index contributed by atoms with van der Waals surface area (Å²) in [6, 6.07) is 8.00. The Bertz CT molecular complexity index is 371. The van der Waals surface area contributed by atoms with Crippen molar-refractivity contribution in [2.24, 2.45) is 5.92 Å².